The Labute approximate surface area is 151 Å². The van der Waals surface area contributed by atoms with Gasteiger partial charge in [0.25, 0.3) is 0 Å². The number of benzene rings is 2. The van der Waals surface area contributed by atoms with E-state index < -0.39 is 5.97 Å². The lowest BCUT2D eigenvalue weighted by atomic mass is 10.1. The van der Waals surface area contributed by atoms with E-state index in [0.717, 1.165) is 16.6 Å². The Morgan fingerprint density at radius 2 is 1.92 bits per heavy atom. The lowest BCUT2D eigenvalue weighted by Crippen LogP contribution is -2.14. The number of nitrogens with two attached hydrogens (primary N) is 1. The van der Waals surface area contributed by atoms with Crippen molar-refractivity contribution in [2.45, 2.75) is 19.5 Å². The molecular formula is C19H21N3O4. The third-order valence-electron chi connectivity index (χ3n) is 4.20. The lowest BCUT2D eigenvalue weighted by Gasteiger charge is -2.13. The molecule has 136 valence electrons. The summed E-state index contributed by atoms with van der Waals surface area (Å²) in [6.45, 7) is 2.31. The highest BCUT2D eigenvalue weighted by Gasteiger charge is 2.18. The zero-order chi connectivity index (χ0) is 18.8. The number of ether oxygens (including phenoxy) is 2. The van der Waals surface area contributed by atoms with Gasteiger partial charge >= 0.3 is 5.97 Å². The fraction of sp³-hybridized carbons (Fsp3) is 0.263. The molecule has 7 nitrogen and oxygen atoms in total. The number of nitrogens with zero attached hydrogens (tertiary/aromatic N) is 2. The van der Waals surface area contributed by atoms with Gasteiger partial charge in [0.2, 0.25) is 0 Å². The summed E-state index contributed by atoms with van der Waals surface area (Å²) in [6.07, 6.45) is 0. The Bertz CT molecular complexity index is 963. The van der Waals surface area contributed by atoms with Gasteiger partial charge in [-0.25, -0.2) is 9.78 Å². The smallest absolute Gasteiger partial charge is 0.335 e. The molecule has 0 spiro atoms. The first-order valence-electron chi connectivity index (χ1n) is 8.14. The summed E-state index contributed by atoms with van der Waals surface area (Å²) in [7, 11) is 3.15. The van der Waals surface area contributed by atoms with Crippen molar-refractivity contribution in [3.8, 4) is 11.5 Å². The van der Waals surface area contributed by atoms with E-state index in [1.165, 1.54) is 0 Å². The molecule has 0 aliphatic carbocycles. The second-order valence-corrected chi connectivity index (χ2v) is 6.05. The number of hydrogen-bond donors (Lipinski definition) is 2. The molecule has 0 saturated heterocycles. The normalized spacial score (nSPS) is 12.2. The van der Waals surface area contributed by atoms with Gasteiger partial charge in [-0.15, -0.1) is 0 Å². The first kappa shape index (κ1) is 17.8. The minimum Gasteiger partial charge on any atom is -0.493 e. The largest absolute Gasteiger partial charge is 0.493 e. The Kier molecular flexibility index (Phi) is 4.81. The van der Waals surface area contributed by atoms with Gasteiger partial charge in [0, 0.05) is 18.7 Å². The second-order valence-electron chi connectivity index (χ2n) is 6.05. The van der Waals surface area contributed by atoms with Crippen LogP contribution >= 0.6 is 0 Å². The van der Waals surface area contributed by atoms with Crippen molar-refractivity contribution in [2.24, 2.45) is 5.73 Å². The molecule has 3 N–H and O–H groups in total. The van der Waals surface area contributed by atoms with Crippen LogP contribution in [0, 0.1) is 0 Å². The maximum absolute atomic E-state index is 11.2. The Balaban J connectivity index is 2.15. The number of methoxy groups -OCH3 is 2. The topological polar surface area (TPSA) is 99.6 Å². The number of imidazole rings is 1. The molecule has 7 heteroatoms. The van der Waals surface area contributed by atoms with Crippen molar-refractivity contribution in [1.82, 2.24) is 9.55 Å². The van der Waals surface area contributed by atoms with Crippen molar-refractivity contribution in [1.29, 1.82) is 0 Å². The molecule has 0 amide bonds. The van der Waals surface area contributed by atoms with Gasteiger partial charge < -0.3 is 24.9 Å². The number of carboxylic acids is 1. The summed E-state index contributed by atoms with van der Waals surface area (Å²) < 4.78 is 12.7. The number of hydrogen-bond acceptors (Lipinski definition) is 5. The van der Waals surface area contributed by atoms with Gasteiger partial charge in [0.15, 0.2) is 11.5 Å². The van der Waals surface area contributed by atoms with Crippen LogP contribution in [-0.4, -0.2) is 34.8 Å². The average Bonchev–Trinajstić information content (AvgIpc) is 2.98. The molecule has 0 bridgehead atoms. The minimum atomic E-state index is -0.957. The molecule has 1 heterocycles. The fourth-order valence-corrected chi connectivity index (χ4v) is 2.97. The predicted molar refractivity (Wildman–Crippen MR) is 97.9 cm³/mol. The van der Waals surface area contributed by atoms with Crippen molar-refractivity contribution in [3.63, 3.8) is 0 Å². The van der Waals surface area contributed by atoms with Crippen LogP contribution in [-0.2, 0) is 6.54 Å². The standard InChI is InChI=1S/C19H21N3O4/c1-11(20)18-21-14-8-16(25-2)17(26-3)9-15(14)22(18)10-12-5-4-6-13(7-12)19(23)24/h4-9,11H,10,20H2,1-3H3,(H,23,24). The number of aromatic nitrogens is 2. The minimum absolute atomic E-state index is 0.244. The van der Waals surface area contributed by atoms with E-state index >= 15 is 0 Å². The summed E-state index contributed by atoms with van der Waals surface area (Å²) in [5, 5.41) is 9.21. The number of aromatic carboxylic acids is 1. The van der Waals surface area contributed by atoms with Crippen LogP contribution in [0.15, 0.2) is 36.4 Å². The average molecular weight is 355 g/mol. The van der Waals surface area contributed by atoms with Crippen molar-refractivity contribution in [2.75, 3.05) is 14.2 Å². The van der Waals surface area contributed by atoms with Crippen molar-refractivity contribution < 1.29 is 19.4 Å². The molecule has 0 aliphatic heterocycles. The molecule has 1 unspecified atom stereocenters. The molecule has 0 saturated carbocycles. The zero-order valence-electron chi connectivity index (χ0n) is 14.9. The maximum Gasteiger partial charge on any atom is 0.335 e. The highest BCUT2D eigenvalue weighted by molar-refractivity contribution is 5.87. The number of rotatable bonds is 6. The van der Waals surface area contributed by atoms with Crippen LogP contribution in [0.3, 0.4) is 0 Å². The lowest BCUT2D eigenvalue weighted by molar-refractivity contribution is 0.0696. The molecule has 3 rings (SSSR count). The Morgan fingerprint density at radius 1 is 1.23 bits per heavy atom. The summed E-state index contributed by atoms with van der Waals surface area (Å²) >= 11 is 0. The summed E-state index contributed by atoms with van der Waals surface area (Å²) in [6, 6.07) is 10.2. The first-order chi connectivity index (χ1) is 12.4. The highest BCUT2D eigenvalue weighted by Crippen LogP contribution is 2.33. The summed E-state index contributed by atoms with van der Waals surface area (Å²) in [4.78, 5) is 15.9. The van der Waals surface area contributed by atoms with Crippen LogP contribution in [0.2, 0.25) is 0 Å². The van der Waals surface area contributed by atoms with Gasteiger partial charge in [-0.1, -0.05) is 12.1 Å². The molecule has 0 aliphatic rings. The Morgan fingerprint density at radius 3 is 2.54 bits per heavy atom. The number of carboxylic acid groups (broad SMARTS) is 1. The fourth-order valence-electron chi connectivity index (χ4n) is 2.97. The van der Waals surface area contributed by atoms with Gasteiger partial charge in [-0.05, 0) is 24.6 Å². The number of carbonyl (C=O) groups is 1. The van der Waals surface area contributed by atoms with E-state index in [4.69, 9.17) is 15.2 Å². The molecule has 26 heavy (non-hydrogen) atoms. The van der Waals surface area contributed by atoms with E-state index in [1.807, 2.05) is 29.7 Å². The van der Waals surface area contributed by atoms with Crippen molar-refractivity contribution in [3.05, 3.63) is 53.3 Å². The van der Waals surface area contributed by atoms with Crippen LogP contribution < -0.4 is 15.2 Å². The highest BCUT2D eigenvalue weighted by atomic mass is 16.5. The molecule has 0 radical (unpaired) electrons. The Hall–Kier alpha value is -3.06. The van der Waals surface area contributed by atoms with E-state index in [0.29, 0.717) is 23.9 Å². The molecule has 3 aromatic rings. The van der Waals surface area contributed by atoms with Gasteiger partial charge in [-0.2, -0.15) is 0 Å². The molecule has 1 aromatic heterocycles. The first-order valence-corrected chi connectivity index (χ1v) is 8.14. The molecule has 2 aromatic carbocycles. The van der Waals surface area contributed by atoms with E-state index in [-0.39, 0.29) is 11.6 Å². The summed E-state index contributed by atoms with van der Waals surface area (Å²) in [5.41, 5.74) is 8.79. The molecular weight excluding hydrogens is 334 g/mol. The van der Waals surface area contributed by atoms with Gasteiger partial charge in [0.1, 0.15) is 5.82 Å². The molecule has 0 fully saturated rings. The quantitative estimate of drug-likeness (QED) is 0.705. The van der Waals surface area contributed by atoms with Crippen molar-refractivity contribution >= 4 is 17.0 Å². The van der Waals surface area contributed by atoms with Crippen LogP contribution in [0.5, 0.6) is 11.5 Å². The third kappa shape index (κ3) is 3.21. The summed E-state index contributed by atoms with van der Waals surface area (Å²) in [5.74, 6) is 0.933. The predicted octanol–water partition coefficient (Wildman–Crippen LogP) is 2.82. The van der Waals surface area contributed by atoms with Crippen LogP contribution in [0.1, 0.15) is 34.7 Å². The SMILES string of the molecule is COc1cc2nc(C(C)N)n(Cc3cccc(C(=O)O)c3)c2cc1OC. The third-order valence-corrected chi connectivity index (χ3v) is 4.20. The maximum atomic E-state index is 11.2. The van der Waals surface area contributed by atoms with Crippen LogP contribution in [0.4, 0.5) is 0 Å². The molecule has 1 atom stereocenters. The zero-order valence-corrected chi connectivity index (χ0v) is 14.9. The van der Waals surface area contributed by atoms with Crippen LogP contribution in [0.25, 0.3) is 11.0 Å². The van der Waals surface area contributed by atoms with E-state index in [9.17, 15) is 9.90 Å². The number of fused-ring (bicyclic) bond motifs is 1. The van der Waals surface area contributed by atoms with Gasteiger partial charge in [-0.3, -0.25) is 0 Å². The monoisotopic (exact) mass is 355 g/mol. The second kappa shape index (κ2) is 7.05. The van der Waals surface area contributed by atoms with E-state index in [1.54, 1.807) is 32.4 Å². The van der Waals surface area contributed by atoms with Gasteiger partial charge in [0.05, 0.1) is 36.9 Å². The van der Waals surface area contributed by atoms with E-state index in [2.05, 4.69) is 4.98 Å².